The lowest BCUT2D eigenvalue weighted by atomic mass is 10.1. The molecule has 0 spiro atoms. The summed E-state index contributed by atoms with van der Waals surface area (Å²) in [5.41, 5.74) is 2.24. The zero-order chi connectivity index (χ0) is 19.2. The number of aromatic nitrogens is 3. The molecule has 0 amide bonds. The molecule has 0 aliphatic carbocycles. The fourth-order valence-corrected chi connectivity index (χ4v) is 6.12. The number of rotatable bonds is 5. The molecule has 27 heavy (non-hydrogen) atoms. The summed E-state index contributed by atoms with van der Waals surface area (Å²) in [6.07, 6.45) is 2.00. The Kier molecular flexibility index (Phi) is 4.51. The minimum Gasteiger partial charge on any atom is -0.469 e. The molecular formula is C18H19N3O4S2. The van der Waals surface area contributed by atoms with E-state index in [-0.39, 0.29) is 29.9 Å². The van der Waals surface area contributed by atoms with Crippen LogP contribution in [-0.2, 0) is 9.84 Å². The smallest absolute Gasteiger partial charge is 0.225 e. The number of hydrogen-bond acceptors (Lipinski definition) is 7. The van der Waals surface area contributed by atoms with Gasteiger partial charge in [0, 0.05) is 23.0 Å². The first-order valence-corrected chi connectivity index (χ1v) is 11.3. The highest BCUT2D eigenvalue weighted by Crippen LogP contribution is 2.30. The first-order chi connectivity index (χ1) is 12.9. The number of sulfone groups is 1. The minimum absolute atomic E-state index is 0.107. The summed E-state index contributed by atoms with van der Waals surface area (Å²) in [5.74, 6) is 0.568. The van der Waals surface area contributed by atoms with Crippen LogP contribution in [0, 0.1) is 13.8 Å². The van der Waals surface area contributed by atoms with Crippen LogP contribution >= 0.6 is 11.3 Å². The van der Waals surface area contributed by atoms with Crippen LogP contribution in [0.4, 0.5) is 0 Å². The van der Waals surface area contributed by atoms with E-state index in [4.69, 9.17) is 4.74 Å². The Hall–Kier alpha value is -2.26. The van der Waals surface area contributed by atoms with Gasteiger partial charge in [0.1, 0.15) is 11.2 Å². The van der Waals surface area contributed by atoms with Gasteiger partial charge in [-0.3, -0.25) is 4.79 Å². The molecule has 0 saturated carbocycles. The average molecular weight is 406 g/mol. The Labute approximate surface area is 160 Å². The van der Waals surface area contributed by atoms with Crippen molar-refractivity contribution < 1.29 is 17.9 Å². The summed E-state index contributed by atoms with van der Waals surface area (Å²) in [5, 5.41) is 2.69. The van der Waals surface area contributed by atoms with E-state index in [0.29, 0.717) is 17.9 Å². The van der Waals surface area contributed by atoms with E-state index in [1.807, 2.05) is 35.9 Å². The molecule has 1 aliphatic rings. The number of carbonyl (C=O) groups excluding carboxylic acids is 1. The molecule has 0 bridgehead atoms. The van der Waals surface area contributed by atoms with Gasteiger partial charge in [-0.25, -0.2) is 18.4 Å². The Morgan fingerprint density at radius 3 is 2.93 bits per heavy atom. The maximum absolute atomic E-state index is 12.7. The molecule has 9 heteroatoms. The second-order valence-electron chi connectivity index (χ2n) is 6.74. The van der Waals surface area contributed by atoms with Crippen molar-refractivity contribution in [3.63, 3.8) is 0 Å². The maximum Gasteiger partial charge on any atom is 0.225 e. The molecule has 0 aromatic carbocycles. The van der Waals surface area contributed by atoms with Crippen molar-refractivity contribution in [2.24, 2.45) is 0 Å². The molecule has 7 nitrogen and oxygen atoms in total. The number of ether oxygens (including phenoxy) is 1. The normalized spacial score (nSPS) is 18.8. The van der Waals surface area contributed by atoms with Crippen LogP contribution in [0.15, 0.2) is 23.8 Å². The van der Waals surface area contributed by atoms with Gasteiger partial charge in [0.2, 0.25) is 11.7 Å². The molecule has 1 atom stereocenters. The summed E-state index contributed by atoms with van der Waals surface area (Å²) in [6.45, 7) is 3.62. The molecule has 4 rings (SSSR count). The zero-order valence-corrected chi connectivity index (χ0v) is 16.6. The minimum atomic E-state index is -2.99. The number of thiophene rings is 1. The molecule has 0 radical (unpaired) electrons. The van der Waals surface area contributed by atoms with Gasteiger partial charge in [-0.1, -0.05) is 0 Å². The highest BCUT2D eigenvalue weighted by atomic mass is 32.2. The molecule has 3 aromatic heterocycles. The second-order valence-corrected chi connectivity index (χ2v) is 9.87. The first kappa shape index (κ1) is 18.1. The van der Waals surface area contributed by atoms with E-state index in [9.17, 15) is 13.2 Å². The maximum atomic E-state index is 12.7. The number of aryl methyl sites for hydroxylation is 1. The molecule has 3 aromatic rings. The highest BCUT2D eigenvalue weighted by molar-refractivity contribution is 7.91. The highest BCUT2D eigenvalue weighted by Gasteiger charge is 2.31. The lowest BCUT2D eigenvalue weighted by Crippen LogP contribution is -2.16. The third-order valence-corrected chi connectivity index (χ3v) is 7.49. The predicted molar refractivity (Wildman–Crippen MR) is 103 cm³/mol. The fourth-order valence-electron chi connectivity index (χ4n) is 3.69. The topological polar surface area (TPSA) is 91.2 Å². The summed E-state index contributed by atoms with van der Waals surface area (Å²) in [7, 11) is -2.99. The molecule has 1 aliphatic heterocycles. The third kappa shape index (κ3) is 3.37. The first-order valence-electron chi connectivity index (χ1n) is 8.59. The van der Waals surface area contributed by atoms with Gasteiger partial charge in [-0.2, -0.15) is 0 Å². The van der Waals surface area contributed by atoms with Crippen molar-refractivity contribution in [1.29, 1.82) is 0 Å². The van der Waals surface area contributed by atoms with E-state index in [2.05, 4.69) is 9.97 Å². The van der Waals surface area contributed by atoms with Crippen LogP contribution in [0.25, 0.3) is 10.2 Å². The average Bonchev–Trinajstić information content (AvgIpc) is 3.30. The van der Waals surface area contributed by atoms with Crippen molar-refractivity contribution in [3.05, 3.63) is 40.8 Å². The number of Topliss-reactive ketones (excluding diaryl/α,β-unsaturated/α-hetero) is 1. The number of ketones is 1. The van der Waals surface area contributed by atoms with Crippen molar-refractivity contribution in [3.8, 4) is 5.88 Å². The molecule has 1 unspecified atom stereocenters. The van der Waals surface area contributed by atoms with Crippen molar-refractivity contribution in [2.45, 2.75) is 26.3 Å². The Balaban J connectivity index is 1.54. The molecule has 4 heterocycles. The van der Waals surface area contributed by atoms with E-state index in [0.717, 1.165) is 21.6 Å². The van der Waals surface area contributed by atoms with Crippen LogP contribution < -0.4 is 4.74 Å². The Bertz CT molecular complexity index is 1130. The molecule has 1 fully saturated rings. The monoisotopic (exact) mass is 405 g/mol. The van der Waals surface area contributed by atoms with Crippen LogP contribution in [-0.4, -0.2) is 46.8 Å². The zero-order valence-electron chi connectivity index (χ0n) is 15.0. The number of hydrogen-bond donors (Lipinski definition) is 0. The van der Waals surface area contributed by atoms with E-state index >= 15 is 0 Å². The molecule has 0 N–H and O–H groups in total. The molecule has 142 valence electrons. The van der Waals surface area contributed by atoms with Gasteiger partial charge < -0.3 is 9.30 Å². The van der Waals surface area contributed by atoms with Crippen LogP contribution in [0.5, 0.6) is 5.88 Å². The lowest BCUT2D eigenvalue weighted by molar-refractivity contribution is 0.0918. The van der Waals surface area contributed by atoms with Crippen LogP contribution in [0.3, 0.4) is 0 Å². The molecule has 1 saturated heterocycles. The lowest BCUT2D eigenvalue weighted by Gasteiger charge is -2.16. The van der Waals surface area contributed by atoms with Gasteiger partial charge in [-0.15, -0.1) is 11.3 Å². The van der Waals surface area contributed by atoms with Crippen LogP contribution in [0.2, 0.25) is 0 Å². The largest absolute Gasteiger partial charge is 0.469 e. The van der Waals surface area contributed by atoms with Crippen LogP contribution in [0.1, 0.15) is 34.2 Å². The Morgan fingerprint density at radius 1 is 1.37 bits per heavy atom. The molecular weight excluding hydrogens is 386 g/mol. The standard InChI is InChI=1S/C18H19N3O4S2/c1-11-7-15(12(2)21(11)13-4-6-27(23,24)9-13)16(22)8-25-17-14-3-5-26-18(14)20-10-19-17/h3,5,7,10,13H,4,6,8-9H2,1-2H3. The van der Waals surface area contributed by atoms with Gasteiger partial charge in [-0.05, 0) is 37.8 Å². The fraction of sp³-hybridized carbons (Fsp3) is 0.389. The Morgan fingerprint density at radius 2 is 2.19 bits per heavy atom. The number of nitrogens with zero attached hydrogens (tertiary/aromatic N) is 3. The quantitative estimate of drug-likeness (QED) is 0.606. The van der Waals surface area contributed by atoms with E-state index in [1.54, 1.807) is 0 Å². The van der Waals surface area contributed by atoms with Gasteiger partial charge in [0.15, 0.2) is 16.4 Å². The summed E-state index contributed by atoms with van der Waals surface area (Å²) < 4.78 is 31.2. The summed E-state index contributed by atoms with van der Waals surface area (Å²) in [6, 6.07) is 3.57. The van der Waals surface area contributed by atoms with E-state index < -0.39 is 9.84 Å². The van der Waals surface area contributed by atoms with Gasteiger partial charge in [0.25, 0.3) is 0 Å². The second kappa shape index (κ2) is 6.72. The summed E-state index contributed by atoms with van der Waals surface area (Å²) >= 11 is 1.49. The number of fused-ring (bicyclic) bond motifs is 1. The van der Waals surface area contributed by atoms with Crippen molar-refractivity contribution in [1.82, 2.24) is 14.5 Å². The van der Waals surface area contributed by atoms with Crippen molar-refractivity contribution in [2.75, 3.05) is 18.1 Å². The van der Waals surface area contributed by atoms with Gasteiger partial charge >= 0.3 is 0 Å². The predicted octanol–water partition coefficient (Wildman–Crippen LogP) is 2.73. The number of carbonyl (C=O) groups is 1. The third-order valence-electron chi connectivity index (χ3n) is 4.92. The summed E-state index contributed by atoms with van der Waals surface area (Å²) in [4.78, 5) is 21.8. The van der Waals surface area contributed by atoms with E-state index in [1.165, 1.54) is 17.7 Å². The SMILES string of the molecule is Cc1cc(C(=O)COc2ncnc3sccc23)c(C)n1C1CCS(=O)(=O)C1. The van der Waals surface area contributed by atoms with Gasteiger partial charge in [0.05, 0.1) is 16.9 Å². The van der Waals surface area contributed by atoms with Crippen molar-refractivity contribution >= 4 is 37.2 Å².